The molecule has 23 heavy (non-hydrogen) atoms. The molecule has 1 heterocycles. The van der Waals surface area contributed by atoms with E-state index in [-0.39, 0.29) is 22.9 Å². The van der Waals surface area contributed by atoms with Gasteiger partial charge in [-0.3, -0.25) is 9.78 Å². The summed E-state index contributed by atoms with van der Waals surface area (Å²) in [6.07, 6.45) is 2.71. The van der Waals surface area contributed by atoms with Gasteiger partial charge >= 0.3 is 6.61 Å². The molecule has 0 bridgehead atoms. The number of halogens is 2. The van der Waals surface area contributed by atoms with Crippen molar-refractivity contribution in [3.8, 4) is 5.75 Å². The number of ether oxygens (including phenoxy) is 1. The maximum absolute atomic E-state index is 12.7. The molecule has 0 fully saturated rings. The third-order valence-electron chi connectivity index (χ3n) is 4.59. The Morgan fingerprint density at radius 1 is 1.30 bits per heavy atom. The van der Waals surface area contributed by atoms with E-state index >= 15 is 0 Å². The summed E-state index contributed by atoms with van der Waals surface area (Å²) in [7, 11) is 0. The Balaban J connectivity index is 2.20. The Morgan fingerprint density at radius 3 is 2.70 bits per heavy atom. The average molecular weight is 319 g/mol. The average Bonchev–Trinajstić information content (AvgIpc) is 2.46. The van der Waals surface area contributed by atoms with Crippen molar-refractivity contribution in [3.05, 3.63) is 35.5 Å². The number of benzene rings is 1. The number of Topliss-reactive ketones (excluding diaryl/α,β-unsaturated/α-hetero) is 1. The Hall–Kier alpha value is -2.04. The highest BCUT2D eigenvalue weighted by molar-refractivity contribution is 6.05. The number of hydrogen-bond acceptors (Lipinski definition) is 3. The molecule has 0 amide bonds. The van der Waals surface area contributed by atoms with E-state index in [1.54, 1.807) is 12.3 Å². The molecule has 0 aliphatic heterocycles. The number of ketones is 1. The van der Waals surface area contributed by atoms with E-state index in [1.807, 2.05) is 6.07 Å². The first-order valence-electron chi connectivity index (χ1n) is 7.66. The second-order valence-electron chi connectivity index (χ2n) is 7.07. The van der Waals surface area contributed by atoms with E-state index in [4.69, 9.17) is 0 Å². The molecule has 0 radical (unpaired) electrons. The number of alkyl halides is 2. The second kappa shape index (κ2) is 5.55. The number of nitrogens with zero attached hydrogens (tertiary/aromatic N) is 1. The van der Waals surface area contributed by atoms with Crippen molar-refractivity contribution in [2.24, 2.45) is 11.3 Å². The van der Waals surface area contributed by atoms with Gasteiger partial charge in [-0.05, 0) is 35.4 Å². The largest absolute Gasteiger partial charge is 0.432 e. The zero-order valence-corrected chi connectivity index (χ0v) is 13.4. The molecule has 3 nitrogen and oxygen atoms in total. The third kappa shape index (κ3) is 2.92. The van der Waals surface area contributed by atoms with Crippen LogP contribution in [0.15, 0.2) is 24.4 Å². The van der Waals surface area contributed by atoms with E-state index in [0.29, 0.717) is 17.5 Å². The zero-order valence-electron chi connectivity index (χ0n) is 13.4. The van der Waals surface area contributed by atoms with Gasteiger partial charge in [-0.1, -0.05) is 26.8 Å². The van der Waals surface area contributed by atoms with Gasteiger partial charge in [0, 0.05) is 23.6 Å². The van der Waals surface area contributed by atoms with Crippen molar-refractivity contribution in [2.75, 3.05) is 0 Å². The highest BCUT2D eigenvalue weighted by Crippen LogP contribution is 2.41. The molecular formula is C18H19F2NO2. The summed E-state index contributed by atoms with van der Waals surface area (Å²) in [5.41, 5.74) is 1.77. The van der Waals surface area contributed by atoms with Crippen molar-refractivity contribution in [1.82, 2.24) is 4.98 Å². The Kier molecular flexibility index (Phi) is 3.82. The van der Waals surface area contributed by atoms with E-state index in [2.05, 4.69) is 30.5 Å². The summed E-state index contributed by atoms with van der Waals surface area (Å²) in [6.45, 7) is 3.40. The minimum atomic E-state index is -2.95. The van der Waals surface area contributed by atoms with Crippen LogP contribution in [0.1, 0.15) is 43.1 Å². The molecule has 1 aliphatic rings. The van der Waals surface area contributed by atoms with Crippen LogP contribution in [0.4, 0.5) is 8.78 Å². The molecule has 122 valence electrons. The van der Waals surface area contributed by atoms with E-state index in [1.165, 1.54) is 6.07 Å². The van der Waals surface area contributed by atoms with Crippen molar-refractivity contribution in [1.29, 1.82) is 0 Å². The Morgan fingerprint density at radius 2 is 2.04 bits per heavy atom. The van der Waals surface area contributed by atoms with Gasteiger partial charge < -0.3 is 4.74 Å². The van der Waals surface area contributed by atoms with Crippen LogP contribution in [0.3, 0.4) is 0 Å². The summed E-state index contributed by atoms with van der Waals surface area (Å²) >= 11 is 0. The van der Waals surface area contributed by atoms with Crippen LogP contribution >= 0.6 is 0 Å². The lowest BCUT2D eigenvalue weighted by molar-refractivity contribution is -0.0489. The number of aromatic nitrogens is 1. The summed E-state index contributed by atoms with van der Waals surface area (Å²) in [5, 5.41) is 0.725. The van der Waals surface area contributed by atoms with Gasteiger partial charge in [-0.25, -0.2) is 0 Å². The summed E-state index contributed by atoms with van der Waals surface area (Å²) in [4.78, 5) is 16.7. The molecular weight excluding hydrogens is 300 g/mol. The Bertz CT molecular complexity index is 765. The standard InChI is InChI=1S/C18H19F2NO2/c1-18(2,3)10-7-12-11-5-4-6-21-16(11)15(23-17(19)20)9-13(12)14(22)8-10/h4-6,9-10,17H,7-8H2,1-3H3. The number of fused-ring (bicyclic) bond motifs is 3. The predicted molar refractivity (Wildman–Crippen MR) is 84.0 cm³/mol. The van der Waals surface area contributed by atoms with Crippen molar-refractivity contribution in [2.45, 2.75) is 40.2 Å². The van der Waals surface area contributed by atoms with Crippen LogP contribution in [0.5, 0.6) is 5.75 Å². The smallest absolute Gasteiger partial charge is 0.387 e. The van der Waals surface area contributed by atoms with E-state index in [0.717, 1.165) is 17.4 Å². The summed E-state index contributed by atoms with van der Waals surface area (Å²) in [6, 6.07) is 5.00. The molecule has 0 spiro atoms. The fourth-order valence-electron chi connectivity index (χ4n) is 3.20. The lowest BCUT2D eigenvalue weighted by atomic mass is 9.69. The molecule has 2 aromatic rings. The summed E-state index contributed by atoms with van der Waals surface area (Å²) in [5.74, 6) is 0.167. The molecule has 1 aromatic carbocycles. The molecule has 1 aromatic heterocycles. The van der Waals surface area contributed by atoms with Crippen LogP contribution in [0.2, 0.25) is 0 Å². The van der Waals surface area contributed by atoms with Gasteiger partial charge in [-0.15, -0.1) is 0 Å². The maximum Gasteiger partial charge on any atom is 0.387 e. The normalized spacial score (nSPS) is 18.3. The second-order valence-corrected chi connectivity index (χ2v) is 7.07. The van der Waals surface area contributed by atoms with Crippen LogP contribution in [0.25, 0.3) is 10.9 Å². The highest BCUT2D eigenvalue weighted by atomic mass is 19.3. The highest BCUT2D eigenvalue weighted by Gasteiger charge is 2.34. The first kappa shape index (κ1) is 15.8. The van der Waals surface area contributed by atoms with Crippen molar-refractivity contribution < 1.29 is 18.3 Å². The molecule has 3 rings (SSSR count). The third-order valence-corrected chi connectivity index (χ3v) is 4.59. The lowest BCUT2D eigenvalue weighted by Crippen LogP contribution is -2.30. The molecule has 1 unspecified atom stereocenters. The van der Waals surface area contributed by atoms with Gasteiger partial charge in [0.05, 0.1) is 0 Å². The SMILES string of the molecule is CC(C)(C)C1CC(=O)c2cc(OC(F)F)c3ncccc3c2C1. The van der Waals surface area contributed by atoms with Crippen molar-refractivity contribution in [3.63, 3.8) is 0 Å². The fourth-order valence-corrected chi connectivity index (χ4v) is 3.20. The van der Waals surface area contributed by atoms with Gasteiger partial charge in [0.2, 0.25) is 0 Å². The summed E-state index contributed by atoms with van der Waals surface area (Å²) < 4.78 is 29.9. The van der Waals surface area contributed by atoms with Gasteiger partial charge in [-0.2, -0.15) is 8.78 Å². The van der Waals surface area contributed by atoms with Crippen LogP contribution < -0.4 is 4.74 Å². The van der Waals surface area contributed by atoms with Crippen LogP contribution in [0, 0.1) is 11.3 Å². The maximum atomic E-state index is 12.7. The molecule has 1 atom stereocenters. The van der Waals surface area contributed by atoms with Crippen molar-refractivity contribution >= 4 is 16.7 Å². The zero-order chi connectivity index (χ0) is 16.8. The van der Waals surface area contributed by atoms with Gasteiger partial charge in [0.15, 0.2) is 11.5 Å². The monoisotopic (exact) mass is 319 g/mol. The Labute approximate surface area is 133 Å². The van der Waals surface area contributed by atoms with Gasteiger partial charge in [0.25, 0.3) is 0 Å². The minimum Gasteiger partial charge on any atom is -0.432 e. The minimum absolute atomic E-state index is 0.0000261. The predicted octanol–water partition coefficient (Wildman–Crippen LogP) is 4.63. The number of hydrogen-bond donors (Lipinski definition) is 0. The fraction of sp³-hybridized carbons (Fsp3) is 0.444. The number of pyridine rings is 1. The molecule has 1 aliphatic carbocycles. The molecule has 5 heteroatoms. The number of carbonyl (C=O) groups is 1. The van der Waals surface area contributed by atoms with Crippen LogP contribution in [-0.4, -0.2) is 17.4 Å². The molecule has 0 saturated carbocycles. The first-order chi connectivity index (χ1) is 10.8. The topological polar surface area (TPSA) is 39.2 Å². The first-order valence-corrected chi connectivity index (χ1v) is 7.66. The van der Waals surface area contributed by atoms with Crippen LogP contribution in [-0.2, 0) is 6.42 Å². The molecule has 0 saturated heterocycles. The number of carbonyl (C=O) groups excluding carboxylic acids is 1. The van der Waals surface area contributed by atoms with E-state index < -0.39 is 6.61 Å². The number of rotatable bonds is 2. The van der Waals surface area contributed by atoms with E-state index in [9.17, 15) is 13.6 Å². The van der Waals surface area contributed by atoms with Gasteiger partial charge in [0.1, 0.15) is 5.52 Å². The lowest BCUT2D eigenvalue weighted by Gasteiger charge is -2.34. The molecule has 0 N–H and O–H groups in total. The quantitative estimate of drug-likeness (QED) is 0.810.